The van der Waals surface area contributed by atoms with Gasteiger partial charge in [-0.3, -0.25) is 4.79 Å². The minimum Gasteiger partial charge on any atom is -0.381 e. The van der Waals surface area contributed by atoms with Gasteiger partial charge in [0.2, 0.25) is 5.91 Å². The molecule has 2 rings (SSSR count). The molecular formula is C15H15ClN2O. The molecule has 0 saturated carbocycles. The van der Waals surface area contributed by atoms with Crippen molar-refractivity contribution in [1.29, 1.82) is 0 Å². The van der Waals surface area contributed by atoms with Crippen molar-refractivity contribution in [3.05, 3.63) is 64.7 Å². The van der Waals surface area contributed by atoms with E-state index in [1.807, 2.05) is 48.5 Å². The van der Waals surface area contributed by atoms with Crippen molar-refractivity contribution in [3.63, 3.8) is 0 Å². The molecule has 0 heterocycles. The number of primary amides is 1. The lowest BCUT2D eigenvalue weighted by Crippen LogP contribution is -2.13. The van der Waals surface area contributed by atoms with E-state index < -0.39 is 0 Å². The Balaban J connectivity index is 1.94. The van der Waals surface area contributed by atoms with E-state index in [9.17, 15) is 4.79 Å². The largest absolute Gasteiger partial charge is 0.381 e. The number of hydrogen-bond acceptors (Lipinski definition) is 2. The zero-order chi connectivity index (χ0) is 13.7. The standard InChI is InChI=1S/C15H15ClN2O/c16-13-3-1-2-12(8-13)10-18-14-6-4-11(5-7-14)9-15(17)19/h1-8,18H,9-10H2,(H2,17,19). The number of amides is 1. The highest BCUT2D eigenvalue weighted by molar-refractivity contribution is 6.30. The molecule has 0 saturated heterocycles. The van der Waals surface area contributed by atoms with Crippen LogP contribution in [0.25, 0.3) is 0 Å². The molecule has 0 aromatic heterocycles. The summed E-state index contributed by atoms with van der Waals surface area (Å²) in [5.41, 5.74) is 8.17. The van der Waals surface area contributed by atoms with Gasteiger partial charge >= 0.3 is 0 Å². The summed E-state index contributed by atoms with van der Waals surface area (Å²) >= 11 is 5.92. The Bertz CT molecular complexity index is 567. The van der Waals surface area contributed by atoms with E-state index >= 15 is 0 Å². The van der Waals surface area contributed by atoms with Gasteiger partial charge in [-0.1, -0.05) is 35.9 Å². The van der Waals surface area contributed by atoms with Crippen molar-refractivity contribution in [2.75, 3.05) is 5.32 Å². The second-order valence-electron chi connectivity index (χ2n) is 4.32. The molecular weight excluding hydrogens is 260 g/mol. The molecule has 0 fully saturated rings. The van der Waals surface area contributed by atoms with Crippen LogP contribution in [-0.4, -0.2) is 5.91 Å². The molecule has 2 aromatic carbocycles. The van der Waals surface area contributed by atoms with Crippen LogP contribution in [0, 0.1) is 0 Å². The molecule has 1 amide bonds. The molecule has 3 N–H and O–H groups in total. The maximum atomic E-state index is 10.8. The number of anilines is 1. The van der Waals surface area contributed by atoms with E-state index in [1.54, 1.807) is 0 Å². The molecule has 19 heavy (non-hydrogen) atoms. The predicted molar refractivity (Wildman–Crippen MR) is 78.1 cm³/mol. The molecule has 4 heteroatoms. The molecule has 0 aliphatic rings. The minimum atomic E-state index is -0.320. The van der Waals surface area contributed by atoms with Gasteiger partial charge in [-0.2, -0.15) is 0 Å². The highest BCUT2D eigenvalue weighted by atomic mass is 35.5. The van der Waals surface area contributed by atoms with E-state index in [0.29, 0.717) is 6.54 Å². The van der Waals surface area contributed by atoms with Crippen LogP contribution in [0.4, 0.5) is 5.69 Å². The Morgan fingerprint density at radius 2 is 1.84 bits per heavy atom. The van der Waals surface area contributed by atoms with Crippen molar-refractivity contribution >= 4 is 23.2 Å². The summed E-state index contributed by atoms with van der Waals surface area (Å²) in [4.78, 5) is 10.8. The van der Waals surface area contributed by atoms with E-state index in [0.717, 1.165) is 21.8 Å². The number of halogens is 1. The zero-order valence-corrected chi connectivity index (χ0v) is 11.2. The Labute approximate surface area is 117 Å². The van der Waals surface area contributed by atoms with Crippen molar-refractivity contribution < 1.29 is 4.79 Å². The fourth-order valence-corrected chi connectivity index (χ4v) is 2.01. The lowest BCUT2D eigenvalue weighted by atomic mass is 10.1. The second-order valence-corrected chi connectivity index (χ2v) is 4.76. The molecule has 0 atom stereocenters. The fraction of sp³-hybridized carbons (Fsp3) is 0.133. The monoisotopic (exact) mass is 274 g/mol. The summed E-state index contributed by atoms with van der Waals surface area (Å²) in [5, 5.41) is 4.03. The summed E-state index contributed by atoms with van der Waals surface area (Å²) in [6.45, 7) is 0.704. The lowest BCUT2D eigenvalue weighted by Gasteiger charge is -2.07. The normalized spacial score (nSPS) is 10.2. The Morgan fingerprint density at radius 3 is 2.47 bits per heavy atom. The number of nitrogens with one attached hydrogen (secondary N) is 1. The van der Waals surface area contributed by atoms with Gasteiger partial charge in [-0.25, -0.2) is 0 Å². The summed E-state index contributed by atoms with van der Waals surface area (Å²) in [5.74, 6) is -0.320. The van der Waals surface area contributed by atoms with Gasteiger partial charge in [-0.05, 0) is 35.4 Å². The van der Waals surface area contributed by atoms with Crippen molar-refractivity contribution in [1.82, 2.24) is 0 Å². The molecule has 3 nitrogen and oxygen atoms in total. The summed E-state index contributed by atoms with van der Waals surface area (Å²) in [6, 6.07) is 15.4. The highest BCUT2D eigenvalue weighted by Gasteiger charge is 1.99. The molecule has 0 aliphatic carbocycles. The average molecular weight is 275 g/mol. The van der Waals surface area contributed by atoms with Crippen LogP contribution in [-0.2, 0) is 17.8 Å². The van der Waals surface area contributed by atoms with E-state index in [1.165, 1.54) is 0 Å². The topological polar surface area (TPSA) is 55.1 Å². The van der Waals surface area contributed by atoms with Crippen LogP contribution in [0.3, 0.4) is 0 Å². The molecule has 0 bridgehead atoms. The van der Waals surface area contributed by atoms with Crippen LogP contribution >= 0.6 is 11.6 Å². The first-order valence-electron chi connectivity index (χ1n) is 5.99. The summed E-state index contributed by atoms with van der Waals surface area (Å²) < 4.78 is 0. The third kappa shape index (κ3) is 4.30. The Morgan fingerprint density at radius 1 is 1.11 bits per heavy atom. The van der Waals surface area contributed by atoms with Crippen molar-refractivity contribution in [2.45, 2.75) is 13.0 Å². The van der Waals surface area contributed by atoms with Crippen LogP contribution in [0.15, 0.2) is 48.5 Å². The maximum absolute atomic E-state index is 10.8. The molecule has 98 valence electrons. The van der Waals surface area contributed by atoms with Gasteiger partial charge in [0, 0.05) is 17.3 Å². The predicted octanol–water partition coefficient (Wildman–Crippen LogP) is 2.98. The molecule has 0 aliphatic heterocycles. The first kappa shape index (κ1) is 13.4. The summed E-state index contributed by atoms with van der Waals surface area (Å²) in [7, 11) is 0. The smallest absolute Gasteiger partial charge is 0.221 e. The number of nitrogens with two attached hydrogens (primary N) is 1. The van der Waals surface area contributed by atoms with E-state index in [4.69, 9.17) is 17.3 Å². The molecule has 0 radical (unpaired) electrons. The fourth-order valence-electron chi connectivity index (χ4n) is 1.79. The van der Waals surface area contributed by atoms with Gasteiger partial charge in [0.05, 0.1) is 6.42 Å². The number of rotatable bonds is 5. The number of hydrogen-bond donors (Lipinski definition) is 2. The number of carbonyl (C=O) groups excluding carboxylic acids is 1. The van der Waals surface area contributed by atoms with Gasteiger partial charge in [0.25, 0.3) is 0 Å². The Kier molecular flexibility index (Phi) is 4.42. The third-order valence-corrected chi connectivity index (χ3v) is 2.95. The number of benzene rings is 2. The number of carbonyl (C=O) groups is 1. The van der Waals surface area contributed by atoms with Crippen LogP contribution in [0.5, 0.6) is 0 Å². The maximum Gasteiger partial charge on any atom is 0.221 e. The average Bonchev–Trinajstić information content (AvgIpc) is 2.37. The molecule has 0 spiro atoms. The van der Waals surface area contributed by atoms with Gasteiger partial charge < -0.3 is 11.1 Å². The zero-order valence-electron chi connectivity index (χ0n) is 10.4. The minimum absolute atomic E-state index is 0.272. The third-order valence-electron chi connectivity index (χ3n) is 2.72. The Hall–Kier alpha value is -2.00. The van der Waals surface area contributed by atoms with Gasteiger partial charge in [-0.15, -0.1) is 0 Å². The van der Waals surface area contributed by atoms with Gasteiger partial charge in [0.1, 0.15) is 0 Å². The summed E-state index contributed by atoms with van der Waals surface area (Å²) in [6.07, 6.45) is 0.272. The van der Waals surface area contributed by atoms with Crippen LogP contribution in [0.2, 0.25) is 5.02 Å². The first-order valence-corrected chi connectivity index (χ1v) is 6.37. The van der Waals surface area contributed by atoms with E-state index in [2.05, 4.69) is 5.32 Å². The second kappa shape index (κ2) is 6.25. The van der Waals surface area contributed by atoms with Crippen LogP contribution < -0.4 is 11.1 Å². The lowest BCUT2D eigenvalue weighted by molar-refractivity contribution is -0.117. The SMILES string of the molecule is NC(=O)Cc1ccc(NCc2cccc(Cl)c2)cc1. The molecule has 0 unspecified atom stereocenters. The van der Waals surface area contributed by atoms with Crippen molar-refractivity contribution in [3.8, 4) is 0 Å². The van der Waals surface area contributed by atoms with Crippen LogP contribution in [0.1, 0.15) is 11.1 Å². The molecule has 2 aromatic rings. The van der Waals surface area contributed by atoms with Crippen molar-refractivity contribution in [2.24, 2.45) is 5.73 Å². The first-order chi connectivity index (χ1) is 9.13. The van der Waals surface area contributed by atoms with E-state index in [-0.39, 0.29) is 12.3 Å². The van der Waals surface area contributed by atoms with Gasteiger partial charge in [0.15, 0.2) is 0 Å². The highest BCUT2D eigenvalue weighted by Crippen LogP contribution is 2.14. The quantitative estimate of drug-likeness (QED) is 0.881.